The van der Waals surface area contributed by atoms with Gasteiger partial charge in [-0.25, -0.2) is 0 Å². The van der Waals surface area contributed by atoms with Gasteiger partial charge in [-0.05, 0) is 6.92 Å². The van der Waals surface area contributed by atoms with Crippen LogP contribution in [0.4, 0.5) is 0 Å². The molecule has 0 atom stereocenters. The number of carbonyl (C=O) groups excluding carboxylic acids is 2. The molecule has 0 N–H and O–H groups in total. The lowest BCUT2D eigenvalue weighted by Gasteiger charge is -2.04. The van der Waals surface area contributed by atoms with Crippen molar-refractivity contribution in [2.24, 2.45) is 0 Å². The van der Waals surface area contributed by atoms with Crippen LogP contribution in [0.3, 0.4) is 0 Å². The molecule has 0 saturated heterocycles. The number of hydrogen-bond acceptors (Lipinski definition) is 5. The topological polar surface area (TPSA) is 69.2 Å². The first-order valence-corrected chi connectivity index (χ1v) is 6.76. The Bertz CT molecular complexity index is 609. The number of esters is 1. The van der Waals surface area contributed by atoms with Crippen LogP contribution in [0.1, 0.15) is 30.1 Å². The first kappa shape index (κ1) is 14.8. The predicted molar refractivity (Wildman–Crippen MR) is 77.7 cm³/mol. The van der Waals surface area contributed by atoms with Crippen molar-refractivity contribution >= 4 is 11.8 Å². The second-order valence-electron chi connectivity index (χ2n) is 4.40. The standard InChI is InChI=1S/C16H16N2O3/c1-2-21-16(20)8-7-15(19)13-5-3-12(4-6-13)14-11-17-9-10-18-14/h3-6,9-11H,2,7-8H2,1H3. The Morgan fingerprint density at radius 1 is 1.10 bits per heavy atom. The van der Waals surface area contributed by atoms with Gasteiger partial charge >= 0.3 is 5.97 Å². The Morgan fingerprint density at radius 2 is 1.86 bits per heavy atom. The van der Waals surface area contributed by atoms with Crippen molar-refractivity contribution in [3.63, 3.8) is 0 Å². The number of aromatic nitrogens is 2. The van der Waals surface area contributed by atoms with Crippen molar-refractivity contribution < 1.29 is 14.3 Å². The van der Waals surface area contributed by atoms with E-state index >= 15 is 0 Å². The molecule has 5 heteroatoms. The summed E-state index contributed by atoms with van der Waals surface area (Å²) in [6.07, 6.45) is 5.16. The zero-order chi connectivity index (χ0) is 15.1. The van der Waals surface area contributed by atoms with E-state index in [2.05, 4.69) is 9.97 Å². The Labute approximate surface area is 123 Å². The number of rotatable bonds is 6. The maximum Gasteiger partial charge on any atom is 0.306 e. The molecule has 2 aromatic rings. The van der Waals surface area contributed by atoms with Gasteiger partial charge in [-0.15, -0.1) is 0 Å². The lowest BCUT2D eigenvalue weighted by Crippen LogP contribution is -2.07. The Morgan fingerprint density at radius 3 is 2.48 bits per heavy atom. The van der Waals surface area contributed by atoms with Crippen molar-refractivity contribution in [1.29, 1.82) is 0 Å². The zero-order valence-electron chi connectivity index (χ0n) is 11.8. The molecule has 0 aliphatic heterocycles. The van der Waals surface area contributed by atoms with E-state index in [1.807, 2.05) is 12.1 Å². The molecule has 0 bridgehead atoms. The van der Waals surface area contributed by atoms with Crippen LogP contribution >= 0.6 is 0 Å². The highest BCUT2D eigenvalue weighted by molar-refractivity contribution is 5.97. The van der Waals surface area contributed by atoms with Crippen molar-refractivity contribution in [3.8, 4) is 11.3 Å². The van der Waals surface area contributed by atoms with Gasteiger partial charge in [0, 0.05) is 29.9 Å². The number of Topliss-reactive ketones (excluding diaryl/α,β-unsaturated/α-hetero) is 1. The minimum atomic E-state index is -0.345. The van der Waals surface area contributed by atoms with Crippen LogP contribution in [-0.2, 0) is 9.53 Å². The number of benzene rings is 1. The van der Waals surface area contributed by atoms with E-state index in [0.717, 1.165) is 11.3 Å². The fourth-order valence-electron chi connectivity index (χ4n) is 1.87. The molecule has 0 saturated carbocycles. The minimum absolute atomic E-state index is 0.0752. The van der Waals surface area contributed by atoms with E-state index in [9.17, 15) is 9.59 Å². The Hall–Kier alpha value is -2.56. The van der Waals surface area contributed by atoms with Crippen LogP contribution in [0, 0.1) is 0 Å². The quantitative estimate of drug-likeness (QED) is 0.602. The van der Waals surface area contributed by atoms with Crippen molar-refractivity contribution in [2.75, 3.05) is 6.61 Å². The van der Waals surface area contributed by atoms with E-state index in [4.69, 9.17) is 4.74 Å². The van der Waals surface area contributed by atoms with Crippen LogP contribution < -0.4 is 0 Å². The van der Waals surface area contributed by atoms with Gasteiger partial charge in [0.25, 0.3) is 0 Å². The molecule has 0 spiro atoms. The average Bonchev–Trinajstić information content (AvgIpc) is 2.54. The summed E-state index contributed by atoms with van der Waals surface area (Å²) in [6.45, 7) is 2.07. The maximum absolute atomic E-state index is 12.0. The molecule has 0 unspecified atom stereocenters. The summed E-state index contributed by atoms with van der Waals surface area (Å²) in [6, 6.07) is 7.11. The van der Waals surface area contributed by atoms with Gasteiger partial charge < -0.3 is 4.74 Å². The van der Waals surface area contributed by atoms with Gasteiger partial charge in [0.05, 0.1) is 24.9 Å². The molecule has 0 fully saturated rings. The highest BCUT2D eigenvalue weighted by Crippen LogP contribution is 2.17. The van der Waals surface area contributed by atoms with E-state index in [1.165, 1.54) is 0 Å². The molecule has 0 aliphatic rings. The highest BCUT2D eigenvalue weighted by atomic mass is 16.5. The summed E-state index contributed by atoms with van der Waals surface area (Å²) in [5.41, 5.74) is 2.22. The van der Waals surface area contributed by atoms with Crippen molar-refractivity contribution in [3.05, 3.63) is 48.4 Å². The molecule has 108 valence electrons. The maximum atomic E-state index is 12.0. The third-order valence-corrected chi connectivity index (χ3v) is 2.93. The molecule has 1 aromatic heterocycles. The summed E-state index contributed by atoms with van der Waals surface area (Å²) < 4.78 is 4.80. The smallest absolute Gasteiger partial charge is 0.306 e. The summed E-state index contributed by atoms with van der Waals surface area (Å²) in [7, 11) is 0. The van der Waals surface area contributed by atoms with Crippen molar-refractivity contribution in [1.82, 2.24) is 9.97 Å². The van der Waals surface area contributed by atoms with Crippen molar-refractivity contribution in [2.45, 2.75) is 19.8 Å². The molecule has 0 amide bonds. The summed E-state index contributed by atoms with van der Waals surface area (Å²) in [5, 5.41) is 0. The molecule has 0 radical (unpaired) electrons. The fourth-order valence-corrected chi connectivity index (χ4v) is 1.87. The van der Waals surface area contributed by atoms with E-state index in [1.54, 1.807) is 37.6 Å². The minimum Gasteiger partial charge on any atom is -0.466 e. The first-order valence-electron chi connectivity index (χ1n) is 6.76. The van der Waals surface area contributed by atoms with E-state index in [0.29, 0.717) is 12.2 Å². The van der Waals surface area contributed by atoms with Gasteiger partial charge in [0.1, 0.15) is 0 Å². The second kappa shape index (κ2) is 7.28. The predicted octanol–water partition coefficient (Wildman–Crippen LogP) is 2.67. The van der Waals surface area contributed by atoms with Gasteiger partial charge in [-0.1, -0.05) is 24.3 Å². The molecule has 1 aromatic carbocycles. The number of ketones is 1. The molecule has 5 nitrogen and oxygen atoms in total. The number of hydrogen-bond donors (Lipinski definition) is 0. The zero-order valence-corrected chi connectivity index (χ0v) is 11.8. The van der Waals surface area contributed by atoms with Crippen LogP contribution in [0.5, 0.6) is 0 Å². The van der Waals surface area contributed by atoms with E-state index < -0.39 is 0 Å². The van der Waals surface area contributed by atoms with Gasteiger partial charge in [0.2, 0.25) is 0 Å². The summed E-state index contributed by atoms with van der Waals surface area (Å²) in [4.78, 5) is 31.4. The second-order valence-corrected chi connectivity index (χ2v) is 4.40. The molecule has 1 heterocycles. The SMILES string of the molecule is CCOC(=O)CCC(=O)c1ccc(-c2cnccn2)cc1. The third kappa shape index (κ3) is 4.21. The normalized spacial score (nSPS) is 10.1. The average molecular weight is 284 g/mol. The third-order valence-electron chi connectivity index (χ3n) is 2.93. The number of carbonyl (C=O) groups is 2. The monoisotopic (exact) mass is 284 g/mol. The number of nitrogens with zero attached hydrogens (tertiary/aromatic N) is 2. The first-order chi connectivity index (χ1) is 10.2. The van der Waals surface area contributed by atoms with Crippen LogP contribution in [0.15, 0.2) is 42.9 Å². The van der Waals surface area contributed by atoms with Gasteiger partial charge in [-0.2, -0.15) is 0 Å². The highest BCUT2D eigenvalue weighted by Gasteiger charge is 2.10. The van der Waals surface area contributed by atoms with Crippen LogP contribution in [0.25, 0.3) is 11.3 Å². The lowest BCUT2D eigenvalue weighted by molar-refractivity contribution is -0.143. The van der Waals surface area contributed by atoms with E-state index in [-0.39, 0.29) is 24.6 Å². The van der Waals surface area contributed by atoms with Gasteiger partial charge in [-0.3, -0.25) is 19.6 Å². The molecule has 21 heavy (non-hydrogen) atoms. The van der Waals surface area contributed by atoms with Crippen LogP contribution in [-0.4, -0.2) is 28.3 Å². The molecule has 2 rings (SSSR count). The Kier molecular flexibility index (Phi) is 5.15. The molecular weight excluding hydrogens is 268 g/mol. The summed E-state index contributed by atoms with van der Waals surface area (Å²) in [5.74, 6) is -0.421. The Balaban J connectivity index is 1.99. The summed E-state index contributed by atoms with van der Waals surface area (Å²) >= 11 is 0. The number of ether oxygens (including phenoxy) is 1. The van der Waals surface area contributed by atoms with Gasteiger partial charge in [0.15, 0.2) is 5.78 Å². The molecular formula is C16H16N2O3. The fraction of sp³-hybridized carbons (Fsp3) is 0.250. The largest absolute Gasteiger partial charge is 0.466 e. The van der Waals surface area contributed by atoms with Crippen LogP contribution in [0.2, 0.25) is 0 Å². The molecule has 0 aliphatic carbocycles. The lowest BCUT2D eigenvalue weighted by atomic mass is 10.0.